The third-order valence-corrected chi connectivity index (χ3v) is 4.11. The fourth-order valence-electron chi connectivity index (χ4n) is 2.28. The first kappa shape index (κ1) is 13.4. The van der Waals surface area contributed by atoms with Gasteiger partial charge >= 0.3 is 0 Å². The Morgan fingerprint density at radius 2 is 2.20 bits per heavy atom. The second kappa shape index (κ2) is 5.42. The zero-order chi connectivity index (χ0) is 14.1. The largest absolute Gasteiger partial charge is 0.345 e. The van der Waals surface area contributed by atoms with Crippen LogP contribution in [0, 0.1) is 0 Å². The van der Waals surface area contributed by atoms with E-state index < -0.39 is 0 Å². The van der Waals surface area contributed by atoms with E-state index in [-0.39, 0.29) is 10.9 Å². The second-order valence-electron chi connectivity index (χ2n) is 4.57. The van der Waals surface area contributed by atoms with Gasteiger partial charge < -0.3 is 9.88 Å². The van der Waals surface area contributed by atoms with Crippen molar-refractivity contribution in [3.63, 3.8) is 0 Å². The lowest BCUT2D eigenvalue weighted by Crippen LogP contribution is -2.25. The molecule has 0 saturated heterocycles. The molecule has 0 spiro atoms. The van der Waals surface area contributed by atoms with E-state index in [0.29, 0.717) is 17.1 Å². The van der Waals surface area contributed by atoms with E-state index in [1.165, 1.54) is 0 Å². The Morgan fingerprint density at radius 3 is 3.05 bits per heavy atom. The summed E-state index contributed by atoms with van der Waals surface area (Å²) in [7, 11) is 0. The Hall–Kier alpha value is -1.59. The van der Waals surface area contributed by atoms with Gasteiger partial charge in [-0.25, -0.2) is 0 Å². The fraction of sp³-hybridized carbons (Fsp3) is 0.308. The van der Waals surface area contributed by atoms with Crippen LogP contribution in [0.15, 0.2) is 18.2 Å². The van der Waals surface area contributed by atoms with Gasteiger partial charge in [-0.05, 0) is 18.6 Å². The van der Waals surface area contributed by atoms with Crippen LogP contribution in [0.25, 0.3) is 0 Å². The van der Waals surface area contributed by atoms with E-state index >= 15 is 0 Å². The summed E-state index contributed by atoms with van der Waals surface area (Å²) in [5.74, 6) is 1.48. The molecule has 0 atom stereocenters. The monoisotopic (exact) mass is 310 g/mol. The number of rotatable bonds is 3. The van der Waals surface area contributed by atoms with Gasteiger partial charge in [-0.1, -0.05) is 29.3 Å². The lowest BCUT2D eigenvalue weighted by Gasteiger charge is -2.07. The molecular weight excluding hydrogens is 299 g/mol. The van der Waals surface area contributed by atoms with Crippen molar-refractivity contribution in [3.8, 4) is 0 Å². The smallest absolute Gasteiger partial charge is 0.253 e. The minimum absolute atomic E-state index is 0.262. The van der Waals surface area contributed by atoms with Crippen LogP contribution in [-0.2, 0) is 19.5 Å². The van der Waals surface area contributed by atoms with Crippen molar-refractivity contribution < 1.29 is 4.79 Å². The van der Waals surface area contributed by atoms with E-state index in [9.17, 15) is 4.79 Å². The summed E-state index contributed by atoms with van der Waals surface area (Å²) in [4.78, 5) is 12.1. The second-order valence-corrected chi connectivity index (χ2v) is 5.36. The predicted molar refractivity (Wildman–Crippen MR) is 76.0 cm³/mol. The lowest BCUT2D eigenvalue weighted by molar-refractivity contribution is 0.0949. The average molecular weight is 311 g/mol. The van der Waals surface area contributed by atoms with Crippen molar-refractivity contribution in [3.05, 3.63) is 45.5 Å². The summed E-state index contributed by atoms with van der Waals surface area (Å²) in [5.41, 5.74) is 0.361. The summed E-state index contributed by atoms with van der Waals surface area (Å²) in [6, 6.07) is 4.97. The first-order valence-corrected chi connectivity index (χ1v) is 7.05. The van der Waals surface area contributed by atoms with Gasteiger partial charge in [0.2, 0.25) is 0 Å². The van der Waals surface area contributed by atoms with Gasteiger partial charge in [-0.2, -0.15) is 0 Å². The molecule has 7 heteroatoms. The highest BCUT2D eigenvalue weighted by Crippen LogP contribution is 2.25. The zero-order valence-corrected chi connectivity index (χ0v) is 12.1. The molecule has 1 N–H and O–H groups in total. The van der Waals surface area contributed by atoms with E-state index in [1.54, 1.807) is 18.2 Å². The van der Waals surface area contributed by atoms with Gasteiger partial charge in [0.15, 0.2) is 5.82 Å². The Labute approximate surface area is 125 Å². The van der Waals surface area contributed by atoms with Crippen LogP contribution >= 0.6 is 23.2 Å². The quantitative estimate of drug-likeness (QED) is 0.947. The first-order chi connectivity index (χ1) is 9.66. The van der Waals surface area contributed by atoms with Crippen LogP contribution in [-0.4, -0.2) is 20.7 Å². The SMILES string of the molecule is O=C(NCc1nnc2n1CCC2)c1cccc(Cl)c1Cl. The maximum atomic E-state index is 12.1. The van der Waals surface area contributed by atoms with Gasteiger partial charge in [0.05, 0.1) is 22.2 Å². The summed E-state index contributed by atoms with van der Waals surface area (Å²) in [6.07, 6.45) is 2.02. The highest BCUT2D eigenvalue weighted by atomic mass is 35.5. The molecule has 1 aromatic carbocycles. The number of hydrogen-bond donors (Lipinski definition) is 1. The Kier molecular flexibility index (Phi) is 3.63. The molecule has 0 unspecified atom stereocenters. The van der Waals surface area contributed by atoms with Gasteiger partial charge in [-0.15, -0.1) is 10.2 Å². The van der Waals surface area contributed by atoms with Crippen LogP contribution in [0.2, 0.25) is 10.0 Å². The van der Waals surface area contributed by atoms with E-state index in [0.717, 1.165) is 31.0 Å². The van der Waals surface area contributed by atoms with Crippen LogP contribution in [0.5, 0.6) is 0 Å². The van der Waals surface area contributed by atoms with E-state index in [2.05, 4.69) is 15.5 Å². The van der Waals surface area contributed by atoms with Crippen molar-refractivity contribution in [1.29, 1.82) is 0 Å². The molecule has 1 aliphatic rings. The van der Waals surface area contributed by atoms with Gasteiger partial charge in [0, 0.05) is 13.0 Å². The molecule has 1 amide bonds. The van der Waals surface area contributed by atoms with Crippen LogP contribution in [0.1, 0.15) is 28.4 Å². The number of amides is 1. The molecular formula is C13H12Cl2N4O. The lowest BCUT2D eigenvalue weighted by atomic mass is 10.2. The van der Waals surface area contributed by atoms with Crippen LogP contribution in [0.4, 0.5) is 0 Å². The molecule has 0 aliphatic carbocycles. The molecule has 2 heterocycles. The summed E-state index contributed by atoms with van der Waals surface area (Å²) < 4.78 is 2.04. The Morgan fingerprint density at radius 1 is 1.35 bits per heavy atom. The van der Waals surface area contributed by atoms with Gasteiger partial charge in [-0.3, -0.25) is 4.79 Å². The number of carbonyl (C=O) groups excluding carboxylic acids is 1. The molecule has 1 aliphatic heterocycles. The number of benzene rings is 1. The number of carbonyl (C=O) groups is 1. The van der Waals surface area contributed by atoms with Gasteiger partial charge in [0.25, 0.3) is 5.91 Å². The molecule has 1 aromatic heterocycles. The topological polar surface area (TPSA) is 59.8 Å². The van der Waals surface area contributed by atoms with Gasteiger partial charge in [0.1, 0.15) is 5.82 Å². The fourth-order valence-corrected chi connectivity index (χ4v) is 2.66. The zero-order valence-electron chi connectivity index (χ0n) is 10.6. The van der Waals surface area contributed by atoms with Crippen molar-refractivity contribution in [2.24, 2.45) is 0 Å². The van der Waals surface area contributed by atoms with E-state index in [1.807, 2.05) is 4.57 Å². The number of hydrogen-bond acceptors (Lipinski definition) is 3. The third kappa shape index (κ3) is 2.39. The Balaban J connectivity index is 1.72. The molecule has 3 rings (SSSR count). The number of nitrogens with zero attached hydrogens (tertiary/aromatic N) is 3. The molecule has 104 valence electrons. The molecule has 0 radical (unpaired) electrons. The number of aromatic nitrogens is 3. The van der Waals surface area contributed by atoms with Crippen molar-refractivity contribution in [2.45, 2.75) is 25.9 Å². The first-order valence-electron chi connectivity index (χ1n) is 6.30. The minimum Gasteiger partial charge on any atom is -0.345 e. The number of halogens is 2. The number of nitrogens with one attached hydrogen (secondary N) is 1. The molecule has 0 bridgehead atoms. The maximum Gasteiger partial charge on any atom is 0.253 e. The molecule has 5 nitrogen and oxygen atoms in total. The standard InChI is InChI=1S/C13H12Cl2N4O/c14-9-4-1-3-8(12(9)15)13(20)16-7-11-18-17-10-5-2-6-19(10)11/h1,3-4H,2,5-7H2,(H,16,20). The summed E-state index contributed by atoms with van der Waals surface area (Å²) >= 11 is 11.9. The molecule has 0 saturated carbocycles. The summed E-state index contributed by atoms with van der Waals surface area (Å²) in [5, 5.41) is 11.6. The van der Waals surface area contributed by atoms with Crippen molar-refractivity contribution in [1.82, 2.24) is 20.1 Å². The number of aryl methyl sites for hydroxylation is 1. The third-order valence-electron chi connectivity index (χ3n) is 3.29. The summed E-state index contributed by atoms with van der Waals surface area (Å²) in [6.45, 7) is 1.24. The van der Waals surface area contributed by atoms with Crippen molar-refractivity contribution in [2.75, 3.05) is 0 Å². The predicted octanol–water partition coefficient (Wildman–Crippen LogP) is 2.46. The van der Waals surface area contributed by atoms with Crippen LogP contribution in [0.3, 0.4) is 0 Å². The van der Waals surface area contributed by atoms with Crippen LogP contribution < -0.4 is 5.32 Å². The molecule has 0 fully saturated rings. The molecule has 20 heavy (non-hydrogen) atoms. The average Bonchev–Trinajstić information content (AvgIpc) is 3.02. The molecule has 2 aromatic rings. The van der Waals surface area contributed by atoms with E-state index in [4.69, 9.17) is 23.2 Å². The minimum atomic E-state index is -0.271. The maximum absolute atomic E-state index is 12.1. The van der Waals surface area contributed by atoms with Crippen molar-refractivity contribution >= 4 is 29.1 Å². The number of fused-ring (bicyclic) bond motifs is 1. The Bertz CT molecular complexity index is 668. The highest BCUT2D eigenvalue weighted by Gasteiger charge is 2.18. The highest BCUT2D eigenvalue weighted by molar-refractivity contribution is 6.43. The normalized spacial score (nSPS) is 13.3.